The Morgan fingerprint density at radius 2 is 1.95 bits per heavy atom. The van der Waals surface area contributed by atoms with Crippen LogP contribution in [0, 0.1) is 12.7 Å². The first kappa shape index (κ1) is 13.8. The van der Waals surface area contributed by atoms with Crippen LogP contribution in [0.25, 0.3) is 22.8 Å². The fraction of sp³-hybridized carbons (Fsp3) is 0.0667. The molecule has 1 N–H and O–H groups in total. The molecule has 0 saturated heterocycles. The summed E-state index contributed by atoms with van der Waals surface area (Å²) in [5, 5.41) is 13.8. The molecule has 0 fully saturated rings. The van der Waals surface area contributed by atoms with Crippen molar-refractivity contribution in [3.8, 4) is 28.6 Å². The van der Waals surface area contributed by atoms with Crippen LogP contribution in [0.15, 0.2) is 45.4 Å². The van der Waals surface area contributed by atoms with Crippen LogP contribution in [0.5, 0.6) is 5.75 Å². The third-order valence-electron chi connectivity index (χ3n) is 3.04. The second-order valence-electron chi connectivity index (χ2n) is 4.54. The lowest BCUT2D eigenvalue weighted by atomic mass is 10.1. The Morgan fingerprint density at radius 3 is 2.71 bits per heavy atom. The fourth-order valence-corrected chi connectivity index (χ4v) is 2.36. The molecular formula is C15H10BrFN2O2. The topological polar surface area (TPSA) is 59.2 Å². The summed E-state index contributed by atoms with van der Waals surface area (Å²) in [7, 11) is 0. The number of phenols is 1. The van der Waals surface area contributed by atoms with Gasteiger partial charge < -0.3 is 9.63 Å². The molecule has 1 heterocycles. The molecule has 0 aliphatic rings. The average molecular weight is 349 g/mol. The van der Waals surface area contributed by atoms with E-state index in [0.29, 0.717) is 22.5 Å². The van der Waals surface area contributed by atoms with Crippen molar-refractivity contribution in [2.24, 2.45) is 0 Å². The van der Waals surface area contributed by atoms with E-state index in [1.165, 1.54) is 18.2 Å². The molecule has 0 bridgehead atoms. The van der Waals surface area contributed by atoms with E-state index in [1.807, 2.05) is 0 Å². The second-order valence-corrected chi connectivity index (χ2v) is 5.46. The zero-order valence-corrected chi connectivity index (χ0v) is 12.6. The van der Waals surface area contributed by atoms with Crippen molar-refractivity contribution in [2.45, 2.75) is 6.92 Å². The van der Waals surface area contributed by atoms with Gasteiger partial charge in [-0.05, 0) is 48.9 Å². The highest BCUT2D eigenvalue weighted by molar-refractivity contribution is 9.10. The number of aromatic hydroxyl groups is 1. The monoisotopic (exact) mass is 348 g/mol. The highest BCUT2D eigenvalue weighted by Gasteiger charge is 2.15. The van der Waals surface area contributed by atoms with Crippen molar-refractivity contribution in [1.82, 2.24) is 10.1 Å². The van der Waals surface area contributed by atoms with Crippen molar-refractivity contribution < 1.29 is 14.0 Å². The maximum Gasteiger partial charge on any atom is 0.262 e. The lowest BCUT2D eigenvalue weighted by molar-refractivity contribution is 0.425. The largest absolute Gasteiger partial charge is 0.507 e. The van der Waals surface area contributed by atoms with Gasteiger partial charge in [0, 0.05) is 10.0 Å². The number of hydrogen-bond acceptors (Lipinski definition) is 4. The van der Waals surface area contributed by atoms with Gasteiger partial charge in [-0.2, -0.15) is 4.98 Å². The van der Waals surface area contributed by atoms with E-state index in [2.05, 4.69) is 26.1 Å². The molecule has 3 aromatic rings. The number of aryl methyl sites for hydroxylation is 1. The highest BCUT2D eigenvalue weighted by Crippen LogP contribution is 2.32. The van der Waals surface area contributed by atoms with Crippen molar-refractivity contribution in [1.29, 1.82) is 0 Å². The van der Waals surface area contributed by atoms with Gasteiger partial charge in [-0.3, -0.25) is 0 Å². The molecule has 0 aliphatic carbocycles. The SMILES string of the molecule is Cc1cc(F)ccc1-c1noc(-c2cc(Br)ccc2O)n1. The van der Waals surface area contributed by atoms with Crippen LogP contribution in [0.4, 0.5) is 4.39 Å². The first-order valence-corrected chi connectivity index (χ1v) is 6.93. The lowest BCUT2D eigenvalue weighted by Gasteiger charge is -2.00. The van der Waals surface area contributed by atoms with Gasteiger partial charge in [-0.1, -0.05) is 21.1 Å². The number of nitrogens with zero attached hydrogens (tertiary/aromatic N) is 2. The first-order chi connectivity index (χ1) is 10.0. The van der Waals surface area contributed by atoms with E-state index in [4.69, 9.17) is 4.52 Å². The summed E-state index contributed by atoms with van der Waals surface area (Å²) >= 11 is 3.32. The molecule has 0 unspecified atom stereocenters. The Kier molecular flexibility index (Phi) is 3.47. The molecule has 3 rings (SSSR count). The van der Waals surface area contributed by atoms with Crippen LogP contribution in [0.2, 0.25) is 0 Å². The molecule has 4 nitrogen and oxygen atoms in total. The molecule has 0 saturated carbocycles. The normalized spacial score (nSPS) is 10.8. The minimum atomic E-state index is -0.315. The Bertz CT molecular complexity index is 817. The molecule has 0 aliphatic heterocycles. The van der Waals surface area contributed by atoms with Gasteiger partial charge in [0.05, 0.1) is 5.56 Å². The summed E-state index contributed by atoms with van der Waals surface area (Å²) in [6, 6.07) is 9.27. The average Bonchev–Trinajstić information content (AvgIpc) is 2.91. The number of hydrogen-bond donors (Lipinski definition) is 1. The molecule has 0 amide bonds. The van der Waals surface area contributed by atoms with E-state index >= 15 is 0 Å². The number of halogens is 2. The van der Waals surface area contributed by atoms with Crippen LogP contribution >= 0.6 is 15.9 Å². The van der Waals surface area contributed by atoms with Gasteiger partial charge in [0.15, 0.2) is 0 Å². The molecule has 0 radical (unpaired) electrons. The van der Waals surface area contributed by atoms with E-state index < -0.39 is 0 Å². The summed E-state index contributed by atoms with van der Waals surface area (Å²) in [5.74, 6) is 0.281. The minimum Gasteiger partial charge on any atom is -0.507 e. The van der Waals surface area contributed by atoms with Crippen molar-refractivity contribution >= 4 is 15.9 Å². The van der Waals surface area contributed by atoms with Crippen LogP contribution < -0.4 is 0 Å². The maximum atomic E-state index is 13.1. The fourth-order valence-electron chi connectivity index (χ4n) is 2.00. The molecule has 106 valence electrons. The van der Waals surface area contributed by atoms with Crippen molar-refractivity contribution in [3.05, 3.63) is 52.3 Å². The third-order valence-corrected chi connectivity index (χ3v) is 3.54. The minimum absolute atomic E-state index is 0.0456. The number of rotatable bonds is 2. The maximum absolute atomic E-state index is 13.1. The number of phenolic OH excluding ortho intramolecular Hbond substituents is 1. The van der Waals surface area contributed by atoms with Gasteiger partial charge in [-0.25, -0.2) is 4.39 Å². The van der Waals surface area contributed by atoms with Crippen LogP contribution in [0.3, 0.4) is 0 Å². The van der Waals surface area contributed by atoms with Gasteiger partial charge in [0.2, 0.25) is 5.82 Å². The highest BCUT2D eigenvalue weighted by atomic mass is 79.9. The Labute approximate surface area is 128 Å². The zero-order chi connectivity index (χ0) is 15.0. The molecule has 1 aromatic heterocycles. The molecule has 0 spiro atoms. The van der Waals surface area contributed by atoms with E-state index in [0.717, 1.165) is 4.47 Å². The van der Waals surface area contributed by atoms with Crippen LogP contribution in [0.1, 0.15) is 5.56 Å². The molecule has 21 heavy (non-hydrogen) atoms. The lowest BCUT2D eigenvalue weighted by Crippen LogP contribution is -1.87. The second kappa shape index (κ2) is 5.29. The molecular weight excluding hydrogens is 339 g/mol. The van der Waals surface area contributed by atoms with Gasteiger partial charge in [-0.15, -0.1) is 0 Å². The Balaban J connectivity index is 2.06. The predicted molar refractivity (Wildman–Crippen MR) is 79.2 cm³/mol. The summed E-state index contributed by atoms with van der Waals surface area (Å²) in [5.41, 5.74) is 1.82. The number of aromatic nitrogens is 2. The summed E-state index contributed by atoms with van der Waals surface area (Å²) in [4.78, 5) is 4.26. The van der Waals surface area contributed by atoms with E-state index in [1.54, 1.807) is 25.1 Å². The van der Waals surface area contributed by atoms with Gasteiger partial charge in [0.25, 0.3) is 5.89 Å². The van der Waals surface area contributed by atoms with Crippen molar-refractivity contribution in [3.63, 3.8) is 0 Å². The predicted octanol–water partition coefficient (Wildman–Crippen LogP) is 4.32. The standard InChI is InChI=1S/C15H10BrFN2O2/c1-8-6-10(17)3-4-11(8)14-18-15(21-19-14)12-7-9(16)2-5-13(12)20/h2-7,20H,1H3. The van der Waals surface area contributed by atoms with E-state index in [9.17, 15) is 9.50 Å². The van der Waals surface area contributed by atoms with Crippen LogP contribution in [-0.4, -0.2) is 15.2 Å². The summed E-state index contributed by atoms with van der Waals surface area (Å²) in [6.45, 7) is 1.77. The summed E-state index contributed by atoms with van der Waals surface area (Å²) < 4.78 is 19.1. The Morgan fingerprint density at radius 1 is 1.14 bits per heavy atom. The third kappa shape index (κ3) is 2.67. The zero-order valence-electron chi connectivity index (χ0n) is 11.0. The van der Waals surface area contributed by atoms with E-state index in [-0.39, 0.29) is 17.5 Å². The van der Waals surface area contributed by atoms with Gasteiger partial charge in [0.1, 0.15) is 11.6 Å². The smallest absolute Gasteiger partial charge is 0.262 e. The van der Waals surface area contributed by atoms with Crippen molar-refractivity contribution in [2.75, 3.05) is 0 Å². The molecule has 2 aromatic carbocycles. The molecule has 0 atom stereocenters. The quantitative estimate of drug-likeness (QED) is 0.749. The Hall–Kier alpha value is -2.21. The molecule has 6 heteroatoms. The first-order valence-electron chi connectivity index (χ1n) is 6.14. The summed E-state index contributed by atoms with van der Waals surface area (Å²) in [6.07, 6.45) is 0. The van der Waals surface area contributed by atoms with Gasteiger partial charge >= 0.3 is 0 Å². The van der Waals surface area contributed by atoms with Crippen LogP contribution in [-0.2, 0) is 0 Å². The number of benzene rings is 2.